The summed E-state index contributed by atoms with van der Waals surface area (Å²) in [6.07, 6.45) is 14.1. The van der Waals surface area contributed by atoms with Crippen molar-refractivity contribution in [3.05, 3.63) is 202 Å². The Labute approximate surface area is 721 Å². The number of ether oxygens (including phenoxy) is 6. The fourth-order valence-electron chi connectivity index (χ4n) is 12.8. The van der Waals surface area contributed by atoms with Gasteiger partial charge in [0.05, 0.1) is 113 Å². The predicted molar refractivity (Wildman–Crippen MR) is 466 cm³/mol. The van der Waals surface area contributed by atoms with Crippen LogP contribution in [0.1, 0.15) is 157 Å². The fraction of sp³-hybridized carbons (Fsp3) is 0.452. The van der Waals surface area contributed by atoms with Crippen molar-refractivity contribution >= 4 is 161 Å². The van der Waals surface area contributed by atoms with Crippen molar-refractivity contribution in [3.8, 4) is 0 Å². The van der Waals surface area contributed by atoms with Gasteiger partial charge < -0.3 is 62.0 Å². The van der Waals surface area contributed by atoms with Crippen molar-refractivity contribution in [2.75, 3.05) is 79.8 Å². The predicted octanol–water partition coefficient (Wildman–Crippen LogP) is 18.3. The van der Waals surface area contributed by atoms with Gasteiger partial charge in [0.2, 0.25) is 0 Å². The van der Waals surface area contributed by atoms with E-state index in [2.05, 4.69) is 144 Å². The summed E-state index contributed by atoms with van der Waals surface area (Å²) in [4.78, 5) is 80.4. The molecule has 6 aromatic heterocycles. The summed E-state index contributed by atoms with van der Waals surface area (Å²) in [5.41, 5.74) is 11.0. The van der Waals surface area contributed by atoms with Gasteiger partial charge in [-0.2, -0.15) is 0 Å². The van der Waals surface area contributed by atoms with Gasteiger partial charge in [-0.05, 0) is 301 Å². The molecule has 2 aromatic carbocycles. The Morgan fingerprint density at radius 1 is 0.530 bits per heavy atom. The summed E-state index contributed by atoms with van der Waals surface area (Å²) in [5.74, 6) is 1.42. The zero-order valence-corrected chi connectivity index (χ0v) is 75.8. The Kier molecular flexibility index (Phi) is 32.6. The van der Waals surface area contributed by atoms with Crippen LogP contribution in [0.5, 0.6) is 0 Å². The molecule has 0 saturated carbocycles. The first-order valence-electron chi connectivity index (χ1n) is 38.4. The summed E-state index contributed by atoms with van der Waals surface area (Å²) in [6.45, 7) is 29.4. The molecule has 31 heteroatoms. The molecule has 0 bridgehead atoms. The van der Waals surface area contributed by atoms with Crippen molar-refractivity contribution in [1.29, 1.82) is 0 Å². The number of nitrogens with one attached hydrogen (secondary N) is 1. The Bertz CT molecular complexity index is 4810. The smallest absolute Gasteiger partial charge is 0.465 e. The highest BCUT2D eigenvalue weighted by molar-refractivity contribution is 9.11. The molecule has 15 rings (SSSR count). The average molecular weight is 1920 g/mol. The van der Waals surface area contributed by atoms with Gasteiger partial charge in [-0.1, -0.05) is 48.6 Å². The lowest BCUT2D eigenvalue weighted by atomic mass is 9.75. The van der Waals surface area contributed by atoms with Gasteiger partial charge in [-0.25, -0.2) is 49.1 Å². The van der Waals surface area contributed by atoms with E-state index < -0.39 is 11.2 Å². The third-order valence-corrected chi connectivity index (χ3v) is 22.3. The number of esters is 2. The quantitative estimate of drug-likeness (QED) is 0.0370. The Balaban J connectivity index is 0.000000152. The number of imidazole rings is 2. The van der Waals surface area contributed by atoms with E-state index in [9.17, 15) is 19.2 Å². The Morgan fingerprint density at radius 3 is 1.30 bits per heavy atom. The van der Waals surface area contributed by atoms with Crippen molar-refractivity contribution in [1.82, 2.24) is 59.1 Å². The Morgan fingerprint density at radius 2 is 0.948 bits per heavy atom. The average Bonchev–Trinajstić information content (AvgIpc) is 2.22. The number of pyridine rings is 4. The number of hydrogen-bond acceptors (Lipinski definition) is 20. The highest BCUT2D eigenvalue weighted by Gasteiger charge is 2.52. The molecule has 2 amide bonds. The third kappa shape index (κ3) is 26.2. The normalized spacial score (nSPS) is 18.3. The van der Waals surface area contributed by atoms with E-state index in [-0.39, 0.29) is 54.7 Å². The molecular weight excluding hydrogens is 1810 g/mol. The summed E-state index contributed by atoms with van der Waals surface area (Å²) in [5, 5.41) is 3.28. The first-order chi connectivity index (χ1) is 54.7. The van der Waals surface area contributed by atoms with Crippen LogP contribution < -0.4 is 5.32 Å². The Hall–Kier alpha value is -7.07. The number of carbonyl (C=O) groups is 4. The van der Waals surface area contributed by atoms with Crippen molar-refractivity contribution in [2.24, 2.45) is 0 Å². The van der Waals surface area contributed by atoms with Crippen molar-refractivity contribution in [3.63, 3.8) is 0 Å². The lowest BCUT2D eigenvalue weighted by molar-refractivity contribution is -0.0592. The second-order valence-corrected chi connectivity index (χ2v) is 35.4. The minimum absolute atomic E-state index is 0.198. The van der Waals surface area contributed by atoms with Crippen LogP contribution in [0.2, 0.25) is 0 Å². The number of halogens is 6. The second-order valence-electron chi connectivity index (χ2n) is 31.0. The van der Waals surface area contributed by atoms with Crippen LogP contribution in [0.25, 0.3) is 38.8 Å². The zero-order chi connectivity index (χ0) is 82.8. The number of nitrogens with zero attached hydrogens (tertiary/aromatic N) is 11. The molecular formula is C84H101BBr5ClN12O12. The molecule has 1 N–H and O–H groups in total. The van der Waals surface area contributed by atoms with E-state index in [0.29, 0.717) is 49.7 Å². The monoisotopic (exact) mass is 1910 g/mol. The molecule has 0 radical (unpaired) electrons. The van der Waals surface area contributed by atoms with Gasteiger partial charge >= 0.3 is 31.2 Å². The molecule has 0 unspecified atom stereocenters. The van der Waals surface area contributed by atoms with Gasteiger partial charge in [0.1, 0.15) is 45.9 Å². The topological polar surface area (TPSA) is 251 Å². The lowest BCUT2D eigenvalue weighted by Crippen LogP contribution is -2.41. The van der Waals surface area contributed by atoms with Crippen LogP contribution in [-0.2, 0) is 63.2 Å². The molecule has 3 saturated heterocycles. The first kappa shape index (κ1) is 90.3. The molecule has 0 spiro atoms. The molecule has 24 nitrogen and oxygen atoms in total. The lowest BCUT2D eigenvalue weighted by Gasteiger charge is -2.32. The van der Waals surface area contributed by atoms with Gasteiger partial charge in [0, 0.05) is 59.0 Å². The zero-order valence-electron chi connectivity index (χ0n) is 67.2. The summed E-state index contributed by atoms with van der Waals surface area (Å²) in [7, 11) is 2.46. The van der Waals surface area contributed by atoms with Gasteiger partial charge in [0.15, 0.2) is 0 Å². The molecule has 13 heterocycles. The maximum absolute atomic E-state index is 12.1. The van der Waals surface area contributed by atoms with E-state index in [1.54, 1.807) is 28.0 Å². The van der Waals surface area contributed by atoms with Gasteiger partial charge in [-0.3, -0.25) is 4.90 Å². The molecule has 7 aliphatic rings. The van der Waals surface area contributed by atoms with Crippen LogP contribution in [0.3, 0.4) is 0 Å². The van der Waals surface area contributed by atoms with Gasteiger partial charge in [0.25, 0.3) is 0 Å². The van der Waals surface area contributed by atoms with Crippen LogP contribution in [0, 0.1) is 0 Å². The number of alkyl halides is 1. The number of hydrogen-bond donors (Lipinski definition) is 1. The fourth-order valence-corrected chi connectivity index (χ4v) is 15.0. The largest absolute Gasteiger partial charge is 0.490 e. The maximum Gasteiger partial charge on any atom is 0.490 e. The maximum atomic E-state index is 12.1. The van der Waals surface area contributed by atoms with E-state index in [0.717, 1.165) is 170 Å². The van der Waals surface area contributed by atoms with Crippen LogP contribution >= 0.6 is 91.3 Å². The number of aromatic nitrogens is 8. The third-order valence-electron chi connectivity index (χ3n) is 19.8. The van der Waals surface area contributed by atoms with E-state index in [1.807, 2.05) is 165 Å². The molecule has 7 aliphatic heterocycles. The minimum atomic E-state index is -0.465. The number of amides is 2. The molecule has 2 atom stereocenters. The van der Waals surface area contributed by atoms with Crippen molar-refractivity contribution in [2.45, 2.75) is 168 Å². The van der Waals surface area contributed by atoms with Crippen LogP contribution in [-0.4, -0.2) is 199 Å². The SMILES string of the molecule is Brc1cccc(Br)n1.Brc1cccc(C2=CCNCC2)n1.CC(C)(C)OC(=O)N1CC=C(B2OC(C)(C)C(C)(C)O2)CC1.CC(C)(C)OC(=O)N1CC=C(c2cccc(Br)n2)CC1.COC(=O)c1ccc2nc(CCl)n(C[C@@H]3CCO3)c2c1.COC(=O)c1ccc2nc(CN3CC=C(c4cccc(Br)n4)CC3)n(C[C@@H]3CCO3)c2c1. The highest BCUT2D eigenvalue weighted by Crippen LogP contribution is 2.40. The number of methoxy groups -OCH3 is 2. The molecule has 614 valence electrons. The van der Waals surface area contributed by atoms with E-state index >= 15 is 0 Å². The molecule has 115 heavy (non-hydrogen) atoms. The number of carbonyl (C=O) groups excluding carboxylic acids is 4. The van der Waals surface area contributed by atoms with Crippen LogP contribution in [0.15, 0.2) is 162 Å². The highest BCUT2D eigenvalue weighted by atomic mass is 79.9. The number of benzene rings is 2. The molecule has 8 aromatic rings. The van der Waals surface area contributed by atoms with E-state index in [1.165, 1.54) is 30.9 Å². The van der Waals surface area contributed by atoms with Crippen molar-refractivity contribution < 1.29 is 56.9 Å². The number of fused-ring (bicyclic) bond motifs is 2. The first-order valence-corrected chi connectivity index (χ1v) is 42.9. The molecule has 0 aliphatic carbocycles. The van der Waals surface area contributed by atoms with Gasteiger partial charge in [-0.15, -0.1) is 11.6 Å². The second kappa shape index (κ2) is 41.6. The molecule has 3 fully saturated rings. The van der Waals surface area contributed by atoms with E-state index in [4.69, 9.17) is 54.3 Å². The minimum Gasteiger partial charge on any atom is -0.465 e. The summed E-state index contributed by atoms with van der Waals surface area (Å²) in [6, 6.07) is 34.5. The number of rotatable bonds is 13. The summed E-state index contributed by atoms with van der Waals surface area (Å²) < 4.78 is 52.2. The summed E-state index contributed by atoms with van der Waals surface area (Å²) >= 11 is 22.6. The standard InChI is InChI=1S/C24H25BrN4O3.C16H28BNO4.C15H19BrN2O2.C14H15ClN2O3.C10H11BrN2.C5H3Br2N/c1-31-24(30)17-5-6-20-21(13-17)29(14-18-9-12-32-18)23(27-20)15-28-10-7-16(8-11-28)19-3-2-4-22(25)26-19;1-14(2,3)20-13(19)18-10-8-12(9-11-18)17-21-15(4,5)16(6,7)22-17;1-15(2,3)20-14(19)18-9-7-11(8-10-18)12-5-4-6-13(16)17-12;1-19-14(18)9-2-3-11-12(6-9)17(13(7-15)16-11)8-10-4-5-20-10;11-10-3-1-2-9(13-10)8-4-6-12-7-5-8;6-4-2-1-3-5(7)8-4/h2-7,13,18H,8-12,14-15H2,1H3;8H,9-11H2,1-7H3;4-7H,8-10H2,1-3H3;2-3,6,10H,4-5,7-8H2,1H3;1-4,12H,5-7H2;1-3H/t18-;;;10-;;/m0..0../s1. The van der Waals surface area contributed by atoms with Crippen LogP contribution in [0.4, 0.5) is 9.59 Å².